The fourth-order valence-electron chi connectivity index (χ4n) is 1.57. The number of nitrogens with one attached hydrogen (secondary N) is 3. The summed E-state index contributed by atoms with van der Waals surface area (Å²) in [6.07, 6.45) is 1.37. The van der Waals surface area contributed by atoms with Crippen molar-refractivity contribution in [1.29, 1.82) is 0 Å². The van der Waals surface area contributed by atoms with Gasteiger partial charge >= 0.3 is 0 Å². The van der Waals surface area contributed by atoms with E-state index in [4.69, 9.17) is 0 Å². The molecule has 106 valence electrons. The zero-order valence-corrected chi connectivity index (χ0v) is 11.6. The highest BCUT2D eigenvalue weighted by atomic mass is 32.2. The summed E-state index contributed by atoms with van der Waals surface area (Å²) < 4.78 is 26.1. The average molecular weight is 294 g/mol. The number of rotatable bonds is 5. The highest BCUT2D eigenvalue weighted by Gasteiger charge is 2.14. The first-order valence-corrected chi connectivity index (χ1v) is 7.31. The summed E-state index contributed by atoms with van der Waals surface area (Å²) in [5.74, 6) is -0.186. The molecule has 0 spiro atoms. The monoisotopic (exact) mass is 294 g/mol. The molecule has 3 N–H and O–H groups in total. The first kappa shape index (κ1) is 14.2. The van der Waals surface area contributed by atoms with Gasteiger partial charge in [-0.1, -0.05) is 12.1 Å². The van der Waals surface area contributed by atoms with Crippen LogP contribution in [0.4, 0.5) is 0 Å². The third-order valence-corrected chi connectivity index (χ3v) is 4.00. The van der Waals surface area contributed by atoms with Crippen molar-refractivity contribution >= 4 is 15.9 Å². The predicted octanol–water partition coefficient (Wildman–Crippen LogP) is 0.248. The molecule has 8 heteroatoms. The Bertz CT molecular complexity index is 678. The maximum Gasteiger partial charge on any atom is 0.257 e. The van der Waals surface area contributed by atoms with E-state index in [1.165, 1.54) is 12.3 Å². The SMILES string of the molecule is CNC(=O)c1ccc(CNS(=O)(=O)c2ccn[nH]2)cc1. The lowest BCUT2D eigenvalue weighted by Gasteiger charge is -2.06. The van der Waals surface area contributed by atoms with Crippen LogP contribution < -0.4 is 10.0 Å². The van der Waals surface area contributed by atoms with E-state index in [9.17, 15) is 13.2 Å². The number of aromatic amines is 1. The highest BCUT2D eigenvalue weighted by Crippen LogP contribution is 2.07. The van der Waals surface area contributed by atoms with E-state index in [-0.39, 0.29) is 17.5 Å². The molecule has 2 rings (SSSR count). The number of carbonyl (C=O) groups excluding carboxylic acids is 1. The Morgan fingerprint density at radius 3 is 2.50 bits per heavy atom. The number of hydrogen-bond donors (Lipinski definition) is 3. The minimum absolute atomic E-state index is 0.0134. The van der Waals surface area contributed by atoms with Gasteiger partial charge < -0.3 is 5.32 Å². The zero-order valence-electron chi connectivity index (χ0n) is 10.8. The fraction of sp³-hybridized carbons (Fsp3) is 0.167. The predicted molar refractivity (Wildman–Crippen MR) is 72.4 cm³/mol. The molecule has 0 aliphatic heterocycles. The number of H-pyrrole nitrogens is 1. The average Bonchev–Trinajstić information content (AvgIpc) is 3.00. The summed E-state index contributed by atoms with van der Waals surface area (Å²) in [5, 5.41) is 8.51. The second kappa shape index (κ2) is 5.85. The van der Waals surface area contributed by atoms with Gasteiger partial charge in [0.25, 0.3) is 15.9 Å². The molecule has 7 nitrogen and oxygen atoms in total. The van der Waals surface area contributed by atoms with Gasteiger partial charge in [-0.05, 0) is 23.8 Å². The molecule has 0 bridgehead atoms. The van der Waals surface area contributed by atoms with Crippen LogP contribution in [0.25, 0.3) is 0 Å². The Hall–Kier alpha value is -2.19. The Kier molecular flexibility index (Phi) is 4.16. The van der Waals surface area contributed by atoms with E-state index in [0.717, 1.165) is 5.56 Å². The van der Waals surface area contributed by atoms with Crippen LogP contribution in [0.5, 0.6) is 0 Å². The van der Waals surface area contributed by atoms with E-state index in [0.29, 0.717) is 5.56 Å². The van der Waals surface area contributed by atoms with Crippen LogP contribution >= 0.6 is 0 Å². The summed E-state index contributed by atoms with van der Waals surface area (Å²) in [6.45, 7) is 0.134. The van der Waals surface area contributed by atoms with Crippen molar-refractivity contribution in [2.24, 2.45) is 0 Å². The van der Waals surface area contributed by atoms with E-state index in [1.54, 1.807) is 31.3 Å². The molecule has 1 amide bonds. The number of nitrogens with zero attached hydrogens (tertiary/aromatic N) is 1. The van der Waals surface area contributed by atoms with Crippen molar-refractivity contribution in [1.82, 2.24) is 20.2 Å². The number of benzene rings is 1. The van der Waals surface area contributed by atoms with Crippen LogP contribution in [0, 0.1) is 0 Å². The van der Waals surface area contributed by atoms with Gasteiger partial charge in [-0.25, -0.2) is 13.1 Å². The molecule has 0 radical (unpaired) electrons. The molecule has 2 aromatic rings. The van der Waals surface area contributed by atoms with Gasteiger partial charge in [-0.2, -0.15) is 5.10 Å². The largest absolute Gasteiger partial charge is 0.355 e. The molecule has 0 saturated heterocycles. The summed E-state index contributed by atoms with van der Waals surface area (Å²) in [6, 6.07) is 8.04. The van der Waals surface area contributed by atoms with Gasteiger partial charge in [0.05, 0.1) is 6.20 Å². The van der Waals surface area contributed by atoms with Gasteiger partial charge in [0.1, 0.15) is 0 Å². The maximum atomic E-state index is 11.8. The molecule has 1 heterocycles. The molecule has 1 aromatic carbocycles. The van der Waals surface area contributed by atoms with Crippen LogP contribution in [0.2, 0.25) is 0 Å². The fourth-order valence-corrected chi connectivity index (χ4v) is 2.49. The molecule has 0 saturated carbocycles. The Labute approximate surface area is 116 Å². The van der Waals surface area contributed by atoms with E-state index >= 15 is 0 Å². The molecule has 0 fully saturated rings. The highest BCUT2D eigenvalue weighted by molar-refractivity contribution is 7.89. The second-order valence-electron chi connectivity index (χ2n) is 4.02. The van der Waals surface area contributed by atoms with E-state index in [2.05, 4.69) is 20.2 Å². The lowest BCUT2D eigenvalue weighted by atomic mass is 10.1. The number of sulfonamides is 1. The first-order valence-electron chi connectivity index (χ1n) is 5.83. The molecule has 0 aliphatic rings. The summed E-state index contributed by atoms with van der Waals surface area (Å²) in [7, 11) is -2.04. The van der Waals surface area contributed by atoms with E-state index < -0.39 is 10.0 Å². The van der Waals surface area contributed by atoms with Crippen LogP contribution in [0.1, 0.15) is 15.9 Å². The van der Waals surface area contributed by atoms with Gasteiger partial charge in [-0.15, -0.1) is 0 Å². The standard InChI is InChI=1S/C12H14N4O3S/c1-13-12(17)10-4-2-9(3-5-10)8-15-20(18,19)11-6-7-14-16-11/h2-7,15H,8H2,1H3,(H,13,17)(H,14,16). The summed E-state index contributed by atoms with van der Waals surface area (Å²) >= 11 is 0. The molecule has 0 atom stereocenters. The number of carbonyl (C=O) groups is 1. The van der Waals surface area contributed by atoms with Crippen molar-refractivity contribution in [3.05, 3.63) is 47.7 Å². The minimum atomic E-state index is -3.59. The van der Waals surface area contributed by atoms with Crippen molar-refractivity contribution in [3.8, 4) is 0 Å². The zero-order chi connectivity index (χ0) is 14.6. The topological polar surface area (TPSA) is 104 Å². The van der Waals surface area contributed by atoms with Gasteiger partial charge in [0, 0.05) is 19.2 Å². The third-order valence-electron chi connectivity index (χ3n) is 2.67. The molecule has 0 unspecified atom stereocenters. The van der Waals surface area contributed by atoms with Crippen molar-refractivity contribution in [2.75, 3.05) is 7.05 Å². The van der Waals surface area contributed by atoms with E-state index in [1.807, 2.05) is 0 Å². The lowest BCUT2D eigenvalue weighted by Crippen LogP contribution is -2.23. The molecule has 1 aromatic heterocycles. The maximum absolute atomic E-state index is 11.8. The van der Waals surface area contributed by atoms with Gasteiger partial charge in [-0.3, -0.25) is 9.89 Å². The van der Waals surface area contributed by atoms with Gasteiger partial charge in [0.2, 0.25) is 0 Å². The Balaban J connectivity index is 2.03. The Morgan fingerprint density at radius 2 is 1.95 bits per heavy atom. The molecule has 20 heavy (non-hydrogen) atoms. The Morgan fingerprint density at radius 1 is 1.25 bits per heavy atom. The normalized spacial score (nSPS) is 11.2. The van der Waals surface area contributed by atoms with Crippen molar-refractivity contribution in [2.45, 2.75) is 11.6 Å². The minimum Gasteiger partial charge on any atom is -0.355 e. The van der Waals surface area contributed by atoms with Crippen LogP contribution in [-0.2, 0) is 16.6 Å². The molecular weight excluding hydrogens is 280 g/mol. The van der Waals surface area contributed by atoms with Crippen LogP contribution in [-0.4, -0.2) is 31.6 Å². The second-order valence-corrected chi connectivity index (χ2v) is 5.76. The smallest absolute Gasteiger partial charge is 0.257 e. The molecule has 0 aliphatic carbocycles. The van der Waals surface area contributed by atoms with Crippen LogP contribution in [0.3, 0.4) is 0 Å². The van der Waals surface area contributed by atoms with Crippen LogP contribution in [0.15, 0.2) is 41.6 Å². The third kappa shape index (κ3) is 3.22. The van der Waals surface area contributed by atoms with Crippen molar-refractivity contribution < 1.29 is 13.2 Å². The quantitative estimate of drug-likeness (QED) is 0.735. The van der Waals surface area contributed by atoms with Gasteiger partial charge in [0.15, 0.2) is 5.03 Å². The number of aromatic nitrogens is 2. The summed E-state index contributed by atoms with van der Waals surface area (Å²) in [5.41, 5.74) is 1.27. The lowest BCUT2D eigenvalue weighted by molar-refractivity contribution is 0.0963. The number of amides is 1. The number of hydrogen-bond acceptors (Lipinski definition) is 4. The van der Waals surface area contributed by atoms with Crippen molar-refractivity contribution in [3.63, 3.8) is 0 Å². The molecular formula is C12H14N4O3S. The first-order chi connectivity index (χ1) is 9.53. The summed E-state index contributed by atoms with van der Waals surface area (Å²) in [4.78, 5) is 11.4.